The molecule has 0 aromatic carbocycles. The fourth-order valence-electron chi connectivity index (χ4n) is 0.611. The van der Waals surface area contributed by atoms with Crippen molar-refractivity contribution in [2.24, 2.45) is 0 Å². The highest BCUT2D eigenvalue weighted by atomic mass is 35.5. The van der Waals surface area contributed by atoms with E-state index in [4.69, 9.17) is 11.5 Å². The lowest BCUT2D eigenvalue weighted by molar-refractivity contribution is 1.35. The molecule has 9 heavy (non-hydrogen) atoms. The van der Waals surface area contributed by atoms with Crippen molar-refractivity contribution in [2.45, 2.75) is 6.82 Å². The van der Waals surface area contributed by atoms with Crippen molar-refractivity contribution in [3.05, 3.63) is 24.5 Å². The second kappa shape index (κ2) is 2.88. The predicted octanol–water partition coefficient (Wildman–Crippen LogP) is 1.15. The molecule has 0 unspecified atom stereocenters. The Morgan fingerprint density at radius 2 is 2.44 bits per heavy atom. The highest BCUT2D eigenvalue weighted by Crippen LogP contribution is 1.88. The Hall–Kier alpha value is -0.495. The minimum Gasteiger partial charge on any atom is -0.265 e. The number of rotatable bonds is 1. The van der Waals surface area contributed by atoms with Crippen molar-refractivity contribution in [3.63, 3.8) is 0 Å². The van der Waals surface area contributed by atoms with Crippen LogP contribution in [0.2, 0.25) is 6.82 Å². The van der Waals surface area contributed by atoms with Crippen LogP contribution in [0.1, 0.15) is 0 Å². The normalized spacial score (nSPS) is 9.11. The molecule has 0 amide bonds. The van der Waals surface area contributed by atoms with Crippen molar-refractivity contribution >= 4 is 23.1 Å². The van der Waals surface area contributed by atoms with Gasteiger partial charge in [-0.25, -0.2) is 0 Å². The molecule has 3 heteroatoms. The van der Waals surface area contributed by atoms with E-state index in [1.54, 1.807) is 12.4 Å². The highest BCUT2D eigenvalue weighted by molar-refractivity contribution is 7.13. The Morgan fingerprint density at radius 1 is 1.67 bits per heavy atom. The maximum atomic E-state index is 5.76. The van der Waals surface area contributed by atoms with E-state index in [0.29, 0.717) is 0 Å². The summed E-state index contributed by atoms with van der Waals surface area (Å²) in [5.74, 6) is 0. The third-order valence-electron chi connectivity index (χ3n) is 1.14. The third kappa shape index (κ3) is 1.72. The SMILES string of the molecule is CB(Cl)c1cccnc1. The molecule has 1 aromatic heterocycles. The van der Waals surface area contributed by atoms with Crippen LogP contribution in [0.15, 0.2) is 24.5 Å². The van der Waals surface area contributed by atoms with Gasteiger partial charge in [0.2, 0.25) is 0 Å². The van der Waals surface area contributed by atoms with Gasteiger partial charge < -0.3 is 0 Å². The van der Waals surface area contributed by atoms with Crippen molar-refractivity contribution in [2.75, 3.05) is 0 Å². The molecular weight excluding hydrogens is 132 g/mol. The number of nitrogens with zero attached hydrogens (tertiary/aromatic N) is 1. The quantitative estimate of drug-likeness (QED) is 0.532. The molecule has 1 heterocycles. The van der Waals surface area contributed by atoms with Crippen LogP contribution in [0.4, 0.5) is 0 Å². The van der Waals surface area contributed by atoms with E-state index in [-0.39, 0.29) is 6.13 Å². The Labute approximate surface area is 60.1 Å². The van der Waals surface area contributed by atoms with E-state index >= 15 is 0 Å². The van der Waals surface area contributed by atoms with Gasteiger partial charge in [-0.3, -0.25) is 4.98 Å². The molecule has 0 fully saturated rings. The minimum absolute atomic E-state index is 0.0682. The zero-order valence-electron chi connectivity index (χ0n) is 5.21. The van der Waals surface area contributed by atoms with Crippen molar-refractivity contribution in [1.82, 2.24) is 4.98 Å². The van der Waals surface area contributed by atoms with E-state index in [0.717, 1.165) is 5.46 Å². The van der Waals surface area contributed by atoms with Gasteiger partial charge in [-0.15, -0.1) is 0 Å². The smallest absolute Gasteiger partial charge is 0.265 e. The first-order valence-electron chi connectivity index (χ1n) is 2.84. The molecule has 0 saturated heterocycles. The minimum atomic E-state index is 0.0682. The van der Waals surface area contributed by atoms with Gasteiger partial charge in [0, 0.05) is 12.4 Å². The fraction of sp³-hybridized carbons (Fsp3) is 0.167. The molecule has 0 bridgehead atoms. The van der Waals surface area contributed by atoms with E-state index < -0.39 is 0 Å². The van der Waals surface area contributed by atoms with Crippen LogP contribution < -0.4 is 5.46 Å². The summed E-state index contributed by atoms with van der Waals surface area (Å²) in [4.78, 5) is 3.92. The maximum Gasteiger partial charge on any atom is 0.281 e. The molecule has 0 aliphatic heterocycles. The van der Waals surface area contributed by atoms with Gasteiger partial charge in [-0.1, -0.05) is 12.9 Å². The Balaban J connectivity index is 2.85. The standard InChI is InChI=1S/C6H7BClN/c1-7(8)6-3-2-4-9-5-6/h2-5H,1H3. The van der Waals surface area contributed by atoms with Gasteiger partial charge in [-0.05, 0) is 11.5 Å². The molecule has 0 atom stereocenters. The van der Waals surface area contributed by atoms with Crippen LogP contribution in [-0.2, 0) is 0 Å². The van der Waals surface area contributed by atoms with Gasteiger partial charge in [0.05, 0.1) is 0 Å². The summed E-state index contributed by atoms with van der Waals surface area (Å²) in [6.07, 6.45) is 3.58. The molecule has 0 aliphatic rings. The van der Waals surface area contributed by atoms with Crippen molar-refractivity contribution in [1.29, 1.82) is 0 Å². The monoisotopic (exact) mass is 139 g/mol. The molecular formula is C6H7BClN. The average molecular weight is 139 g/mol. The summed E-state index contributed by atoms with van der Waals surface area (Å²) in [5, 5.41) is 0. The van der Waals surface area contributed by atoms with Crippen LogP contribution in [0.3, 0.4) is 0 Å². The predicted molar refractivity (Wildman–Crippen MR) is 41.3 cm³/mol. The van der Waals surface area contributed by atoms with Gasteiger partial charge in [0.15, 0.2) is 0 Å². The molecule has 1 aromatic rings. The summed E-state index contributed by atoms with van der Waals surface area (Å²) in [6.45, 7) is 1.93. The fourth-order valence-corrected chi connectivity index (χ4v) is 0.740. The van der Waals surface area contributed by atoms with E-state index in [1.807, 2.05) is 19.0 Å². The van der Waals surface area contributed by atoms with Crippen molar-refractivity contribution < 1.29 is 0 Å². The first-order chi connectivity index (χ1) is 4.30. The molecule has 0 N–H and O–H groups in total. The van der Waals surface area contributed by atoms with E-state index in [1.165, 1.54) is 0 Å². The number of halogens is 1. The molecule has 46 valence electrons. The summed E-state index contributed by atoms with van der Waals surface area (Å²) in [6, 6.07) is 3.85. The van der Waals surface area contributed by atoms with Gasteiger partial charge in [-0.2, -0.15) is 11.5 Å². The third-order valence-corrected chi connectivity index (χ3v) is 1.40. The zero-order chi connectivity index (χ0) is 6.69. The van der Waals surface area contributed by atoms with E-state index in [9.17, 15) is 0 Å². The Bertz CT molecular complexity index is 176. The van der Waals surface area contributed by atoms with Gasteiger partial charge in [0.25, 0.3) is 6.13 Å². The Kier molecular flexibility index (Phi) is 2.12. The number of hydrogen-bond acceptors (Lipinski definition) is 1. The summed E-state index contributed by atoms with van der Waals surface area (Å²) < 4.78 is 0. The summed E-state index contributed by atoms with van der Waals surface area (Å²) in [7, 11) is 0. The average Bonchev–Trinajstić information content (AvgIpc) is 1.90. The highest BCUT2D eigenvalue weighted by Gasteiger charge is 2.03. The van der Waals surface area contributed by atoms with Crippen LogP contribution in [0, 0.1) is 0 Å². The Morgan fingerprint density at radius 3 is 2.78 bits per heavy atom. The number of pyridine rings is 1. The zero-order valence-corrected chi connectivity index (χ0v) is 5.97. The molecule has 0 saturated carbocycles. The summed E-state index contributed by atoms with van der Waals surface area (Å²) >= 11 is 5.76. The summed E-state index contributed by atoms with van der Waals surface area (Å²) in [5.41, 5.74) is 1.07. The lowest BCUT2D eigenvalue weighted by Gasteiger charge is -1.94. The van der Waals surface area contributed by atoms with Crippen LogP contribution in [0.25, 0.3) is 0 Å². The lowest BCUT2D eigenvalue weighted by Crippen LogP contribution is -2.19. The van der Waals surface area contributed by atoms with Crippen LogP contribution in [-0.4, -0.2) is 11.1 Å². The molecule has 0 spiro atoms. The van der Waals surface area contributed by atoms with E-state index in [2.05, 4.69) is 4.98 Å². The topological polar surface area (TPSA) is 12.9 Å². The van der Waals surface area contributed by atoms with Crippen molar-refractivity contribution in [3.8, 4) is 0 Å². The second-order valence-corrected chi connectivity index (χ2v) is 2.56. The number of hydrogen-bond donors (Lipinski definition) is 0. The molecule has 1 nitrogen and oxygen atoms in total. The molecule has 1 rings (SSSR count). The second-order valence-electron chi connectivity index (χ2n) is 1.90. The largest absolute Gasteiger partial charge is 0.281 e. The van der Waals surface area contributed by atoms with Gasteiger partial charge >= 0.3 is 0 Å². The first kappa shape index (κ1) is 6.62. The first-order valence-corrected chi connectivity index (χ1v) is 3.28. The lowest BCUT2D eigenvalue weighted by atomic mass is 9.72. The maximum absolute atomic E-state index is 5.76. The number of aromatic nitrogens is 1. The molecule has 0 radical (unpaired) electrons. The van der Waals surface area contributed by atoms with Crippen LogP contribution in [0.5, 0.6) is 0 Å². The van der Waals surface area contributed by atoms with Crippen LogP contribution >= 0.6 is 11.5 Å². The van der Waals surface area contributed by atoms with Gasteiger partial charge in [0.1, 0.15) is 0 Å². The molecule has 0 aliphatic carbocycles.